The molecule has 1 fully saturated rings. The fraction of sp³-hybridized carbons (Fsp3) is 0.533. The Labute approximate surface area is 116 Å². The summed E-state index contributed by atoms with van der Waals surface area (Å²) in [5, 5.41) is 9.74. The number of nitrogens with zero attached hydrogens (tertiary/aromatic N) is 1. The van der Waals surface area contributed by atoms with Gasteiger partial charge in [-0.05, 0) is 42.3 Å². The number of aliphatic hydroxyl groups is 1. The van der Waals surface area contributed by atoms with Crippen molar-refractivity contribution in [3.63, 3.8) is 0 Å². The number of aliphatic hydroxyl groups excluding tert-OH is 1. The molecule has 3 nitrogen and oxygen atoms in total. The molecule has 4 heteroatoms. The third kappa shape index (κ3) is 3.19. The van der Waals surface area contributed by atoms with Crippen LogP contribution in [0.15, 0.2) is 29.2 Å². The van der Waals surface area contributed by atoms with Crippen LogP contribution < -0.4 is 0 Å². The molecule has 0 saturated carbocycles. The van der Waals surface area contributed by atoms with E-state index in [-0.39, 0.29) is 6.10 Å². The van der Waals surface area contributed by atoms with Crippen LogP contribution in [0.2, 0.25) is 0 Å². The molecular weight excluding hydrogens is 258 g/mol. The largest absolute Gasteiger partial charge is 0.392 e. The number of β-amino-alcohol motifs (C(OH)–C–C–N with tert-alkyl or cyclic N) is 1. The van der Waals surface area contributed by atoms with Crippen molar-refractivity contribution in [1.82, 2.24) is 4.31 Å². The highest BCUT2D eigenvalue weighted by molar-refractivity contribution is 7.98. The van der Waals surface area contributed by atoms with Crippen LogP contribution in [0.5, 0.6) is 0 Å². The smallest absolute Gasteiger partial charge is 0.0677 e. The SMILES string of the molecule is C=S(=O)(c1cccc(C(C)C)c1)N1CCC[C@H](O)C1. The van der Waals surface area contributed by atoms with Gasteiger partial charge < -0.3 is 5.11 Å². The third-order valence-electron chi connectivity index (χ3n) is 3.67. The summed E-state index contributed by atoms with van der Waals surface area (Å²) in [5.74, 6) is 4.35. The number of piperidine rings is 1. The molecule has 2 rings (SSSR count). The minimum absolute atomic E-state index is 0.385. The maximum absolute atomic E-state index is 13.0. The third-order valence-corrected chi connectivity index (χ3v) is 5.83. The Morgan fingerprint density at radius 2 is 2.21 bits per heavy atom. The zero-order valence-corrected chi connectivity index (χ0v) is 12.5. The van der Waals surface area contributed by atoms with E-state index in [2.05, 4.69) is 25.8 Å². The van der Waals surface area contributed by atoms with Gasteiger partial charge in [0.25, 0.3) is 0 Å². The topological polar surface area (TPSA) is 40.5 Å². The van der Waals surface area contributed by atoms with Crippen molar-refractivity contribution >= 4 is 15.6 Å². The first kappa shape index (κ1) is 14.6. The lowest BCUT2D eigenvalue weighted by atomic mass is 10.0. The molecule has 19 heavy (non-hydrogen) atoms. The molecular formula is C15H23NO2S. The molecule has 0 radical (unpaired) electrons. The monoisotopic (exact) mass is 281 g/mol. The molecule has 1 aliphatic heterocycles. The van der Waals surface area contributed by atoms with Gasteiger partial charge in [0.1, 0.15) is 0 Å². The highest BCUT2D eigenvalue weighted by Crippen LogP contribution is 2.24. The van der Waals surface area contributed by atoms with E-state index in [1.807, 2.05) is 22.5 Å². The zero-order valence-electron chi connectivity index (χ0n) is 11.7. The standard InChI is InChI=1S/C15H23NO2S/c1-12(2)13-6-4-8-15(10-13)19(3,18)16-9-5-7-14(17)11-16/h4,6,8,10,12,14,17H,3,5,7,9,11H2,1-2H3/t14-,19?/m0/s1. The Morgan fingerprint density at radius 1 is 1.47 bits per heavy atom. The Balaban J connectivity index is 2.31. The fourth-order valence-corrected chi connectivity index (χ4v) is 4.16. The van der Waals surface area contributed by atoms with Gasteiger partial charge in [-0.3, -0.25) is 0 Å². The first-order valence-corrected chi connectivity index (χ1v) is 8.50. The van der Waals surface area contributed by atoms with Gasteiger partial charge in [-0.1, -0.05) is 26.0 Å². The predicted molar refractivity (Wildman–Crippen MR) is 80.9 cm³/mol. The average Bonchev–Trinajstić information content (AvgIpc) is 2.39. The number of rotatable bonds is 3. The van der Waals surface area contributed by atoms with Crippen LogP contribution in [-0.4, -0.2) is 38.7 Å². The Morgan fingerprint density at radius 3 is 2.84 bits per heavy atom. The second kappa shape index (κ2) is 5.65. The van der Waals surface area contributed by atoms with E-state index in [1.54, 1.807) is 0 Å². The summed E-state index contributed by atoms with van der Waals surface area (Å²) in [4.78, 5) is 0.771. The molecule has 106 valence electrons. The zero-order chi connectivity index (χ0) is 14.0. The van der Waals surface area contributed by atoms with Crippen molar-refractivity contribution in [2.75, 3.05) is 13.1 Å². The van der Waals surface area contributed by atoms with E-state index in [4.69, 9.17) is 0 Å². The fourth-order valence-electron chi connectivity index (χ4n) is 2.41. The molecule has 0 aliphatic carbocycles. The Hall–Kier alpha value is -0.840. The second-order valence-corrected chi connectivity index (χ2v) is 7.82. The van der Waals surface area contributed by atoms with Gasteiger partial charge in [0, 0.05) is 18.0 Å². The molecule has 1 aliphatic rings. The summed E-state index contributed by atoms with van der Waals surface area (Å²) < 4.78 is 14.8. The molecule has 1 N–H and O–H groups in total. The highest BCUT2D eigenvalue weighted by atomic mass is 32.2. The Bertz CT molecular complexity index is 537. The van der Waals surface area contributed by atoms with Gasteiger partial charge in [0.15, 0.2) is 0 Å². The van der Waals surface area contributed by atoms with Crippen LogP contribution in [0.3, 0.4) is 0 Å². The van der Waals surface area contributed by atoms with Crippen LogP contribution in [0.4, 0.5) is 0 Å². The van der Waals surface area contributed by atoms with Crippen LogP contribution in [-0.2, 0) is 9.71 Å². The molecule has 2 atom stereocenters. The molecule has 0 bridgehead atoms. The summed E-state index contributed by atoms with van der Waals surface area (Å²) in [7, 11) is -2.48. The van der Waals surface area contributed by atoms with Gasteiger partial charge in [0.2, 0.25) is 0 Å². The molecule has 1 heterocycles. The minimum Gasteiger partial charge on any atom is -0.392 e. The van der Waals surface area contributed by atoms with Crippen molar-refractivity contribution in [3.8, 4) is 0 Å². The number of hydrogen-bond acceptors (Lipinski definition) is 2. The van der Waals surface area contributed by atoms with Crippen LogP contribution >= 0.6 is 0 Å². The summed E-state index contributed by atoms with van der Waals surface area (Å²) >= 11 is 0. The summed E-state index contributed by atoms with van der Waals surface area (Å²) in [5.41, 5.74) is 1.17. The van der Waals surface area contributed by atoms with Crippen LogP contribution in [0, 0.1) is 0 Å². The maximum Gasteiger partial charge on any atom is 0.0677 e. The van der Waals surface area contributed by atoms with Crippen molar-refractivity contribution < 1.29 is 9.32 Å². The first-order valence-electron chi connectivity index (χ1n) is 6.81. The van der Waals surface area contributed by atoms with E-state index in [1.165, 1.54) is 5.56 Å². The lowest BCUT2D eigenvalue weighted by Crippen LogP contribution is -2.41. The maximum atomic E-state index is 13.0. The second-order valence-electron chi connectivity index (χ2n) is 5.55. The van der Waals surface area contributed by atoms with Crippen molar-refractivity contribution in [2.24, 2.45) is 0 Å². The minimum atomic E-state index is -2.48. The van der Waals surface area contributed by atoms with E-state index >= 15 is 0 Å². The average molecular weight is 281 g/mol. The number of hydrogen-bond donors (Lipinski definition) is 1. The lowest BCUT2D eigenvalue weighted by molar-refractivity contribution is 0.110. The summed E-state index contributed by atoms with van der Waals surface area (Å²) in [6, 6.07) is 7.85. The Kier molecular flexibility index (Phi) is 4.33. The van der Waals surface area contributed by atoms with Gasteiger partial charge >= 0.3 is 0 Å². The van der Waals surface area contributed by atoms with Crippen molar-refractivity contribution in [2.45, 2.75) is 43.6 Å². The molecule has 1 aromatic carbocycles. The van der Waals surface area contributed by atoms with Gasteiger partial charge in [-0.15, -0.1) is 0 Å². The summed E-state index contributed by atoms with van der Waals surface area (Å²) in [6.07, 6.45) is 1.28. The van der Waals surface area contributed by atoms with Crippen molar-refractivity contribution in [1.29, 1.82) is 0 Å². The first-order chi connectivity index (χ1) is 8.91. The molecule has 1 unspecified atom stereocenters. The highest BCUT2D eigenvalue weighted by Gasteiger charge is 2.25. The quantitative estimate of drug-likeness (QED) is 0.863. The van der Waals surface area contributed by atoms with Crippen LogP contribution in [0.1, 0.15) is 38.2 Å². The molecule has 0 spiro atoms. The normalized spacial score (nSPS) is 24.3. The van der Waals surface area contributed by atoms with E-state index < -0.39 is 9.71 Å². The number of benzene rings is 1. The molecule has 0 aromatic heterocycles. The predicted octanol–water partition coefficient (Wildman–Crippen LogP) is 2.26. The molecule has 1 saturated heterocycles. The molecule has 0 amide bonds. The van der Waals surface area contributed by atoms with Crippen molar-refractivity contribution in [3.05, 3.63) is 29.8 Å². The van der Waals surface area contributed by atoms with Crippen LogP contribution in [0.25, 0.3) is 0 Å². The van der Waals surface area contributed by atoms with E-state index in [0.717, 1.165) is 24.3 Å². The van der Waals surface area contributed by atoms with Gasteiger partial charge in [0.05, 0.1) is 15.8 Å². The van der Waals surface area contributed by atoms with Gasteiger partial charge in [-0.25, -0.2) is 8.51 Å². The van der Waals surface area contributed by atoms with Gasteiger partial charge in [-0.2, -0.15) is 0 Å². The molecule has 1 aromatic rings. The van der Waals surface area contributed by atoms with E-state index in [9.17, 15) is 9.32 Å². The summed E-state index contributed by atoms with van der Waals surface area (Å²) in [6.45, 7) is 5.43. The van der Waals surface area contributed by atoms with E-state index in [0.29, 0.717) is 12.5 Å². The lowest BCUT2D eigenvalue weighted by Gasteiger charge is -2.32.